The van der Waals surface area contributed by atoms with Crippen LogP contribution in [0.2, 0.25) is 0 Å². The highest BCUT2D eigenvalue weighted by Gasteiger charge is 2.26. The summed E-state index contributed by atoms with van der Waals surface area (Å²) < 4.78 is 61.5. The van der Waals surface area contributed by atoms with Crippen LogP contribution in [0.5, 0.6) is 17.2 Å². The Bertz CT molecular complexity index is 1190. The number of unbranched alkanes of at least 4 members (excludes halogenated alkanes) is 2. The Kier molecular flexibility index (Phi) is 10.6. The van der Waals surface area contributed by atoms with E-state index in [9.17, 15) is 13.2 Å². The molecule has 4 rings (SSSR count). The standard InChI is InChI=1S/C33H39F3O3/c1-3-5-19-37-26-13-11-25(12-14-26)29-17-18-31(33(36)32(29)35)39-22-23-7-9-24(10-8-23)28-16-15-27(21-30(28)34)38-20-6-4-2/h11-18,21,23-24H,3-10,19-20,22H2,1-2H3. The molecule has 0 aromatic heterocycles. The van der Waals surface area contributed by atoms with Crippen molar-refractivity contribution in [2.45, 2.75) is 71.1 Å². The van der Waals surface area contributed by atoms with Gasteiger partial charge in [0.05, 0.1) is 19.8 Å². The minimum atomic E-state index is -0.979. The van der Waals surface area contributed by atoms with E-state index < -0.39 is 11.6 Å². The molecule has 1 aliphatic rings. The third kappa shape index (κ3) is 7.71. The average molecular weight is 541 g/mol. The maximum Gasteiger partial charge on any atom is 0.201 e. The number of ether oxygens (including phenoxy) is 3. The molecule has 1 fully saturated rings. The molecule has 3 aromatic carbocycles. The van der Waals surface area contributed by atoms with Crippen molar-refractivity contribution in [1.82, 2.24) is 0 Å². The van der Waals surface area contributed by atoms with Gasteiger partial charge in [0.1, 0.15) is 17.3 Å². The molecule has 0 spiro atoms. The SMILES string of the molecule is CCCCOc1ccc(-c2ccc(OCC3CCC(c4ccc(OCCCC)cc4F)CC3)c(F)c2F)cc1. The van der Waals surface area contributed by atoms with Crippen molar-refractivity contribution in [2.75, 3.05) is 19.8 Å². The maximum absolute atomic E-state index is 14.9. The Morgan fingerprint density at radius 2 is 1.33 bits per heavy atom. The van der Waals surface area contributed by atoms with Gasteiger partial charge in [-0.2, -0.15) is 4.39 Å². The molecule has 0 radical (unpaired) electrons. The largest absolute Gasteiger partial charge is 0.494 e. The summed E-state index contributed by atoms with van der Waals surface area (Å²) in [5, 5.41) is 0. The zero-order valence-electron chi connectivity index (χ0n) is 23.0. The first kappa shape index (κ1) is 28.8. The summed E-state index contributed by atoms with van der Waals surface area (Å²) in [4.78, 5) is 0. The molecule has 0 saturated heterocycles. The van der Waals surface area contributed by atoms with Gasteiger partial charge in [-0.1, -0.05) is 44.9 Å². The van der Waals surface area contributed by atoms with E-state index in [0.717, 1.165) is 56.9 Å². The van der Waals surface area contributed by atoms with Crippen LogP contribution in [0.25, 0.3) is 11.1 Å². The zero-order valence-corrected chi connectivity index (χ0v) is 23.0. The van der Waals surface area contributed by atoms with Crippen LogP contribution in [0.4, 0.5) is 13.2 Å². The highest BCUT2D eigenvalue weighted by Crippen LogP contribution is 2.38. The molecular formula is C33H39F3O3. The van der Waals surface area contributed by atoms with Crippen LogP contribution in [-0.4, -0.2) is 19.8 Å². The molecule has 0 bridgehead atoms. The first-order chi connectivity index (χ1) is 19.0. The predicted molar refractivity (Wildman–Crippen MR) is 149 cm³/mol. The highest BCUT2D eigenvalue weighted by molar-refractivity contribution is 5.66. The molecule has 0 atom stereocenters. The van der Waals surface area contributed by atoms with Gasteiger partial charge in [0.2, 0.25) is 5.82 Å². The summed E-state index contributed by atoms with van der Waals surface area (Å²) in [6.07, 6.45) is 7.32. The second-order valence-corrected chi connectivity index (χ2v) is 10.4. The molecule has 210 valence electrons. The van der Waals surface area contributed by atoms with Gasteiger partial charge in [-0.3, -0.25) is 0 Å². The second-order valence-electron chi connectivity index (χ2n) is 10.4. The van der Waals surface area contributed by atoms with Crippen molar-refractivity contribution in [2.24, 2.45) is 5.92 Å². The molecule has 0 amide bonds. The average Bonchev–Trinajstić information content (AvgIpc) is 2.95. The van der Waals surface area contributed by atoms with Gasteiger partial charge in [-0.15, -0.1) is 0 Å². The van der Waals surface area contributed by atoms with E-state index in [0.29, 0.717) is 36.9 Å². The molecule has 1 aliphatic carbocycles. The van der Waals surface area contributed by atoms with E-state index in [1.165, 1.54) is 12.1 Å². The number of halogens is 3. The van der Waals surface area contributed by atoms with Crippen LogP contribution in [0, 0.1) is 23.4 Å². The summed E-state index contributed by atoms with van der Waals surface area (Å²) in [6.45, 7) is 5.71. The number of rotatable bonds is 13. The van der Waals surface area contributed by atoms with Gasteiger partial charge >= 0.3 is 0 Å². The monoisotopic (exact) mass is 540 g/mol. The lowest BCUT2D eigenvalue weighted by atomic mass is 9.79. The lowest BCUT2D eigenvalue weighted by molar-refractivity contribution is 0.192. The van der Waals surface area contributed by atoms with Crippen LogP contribution >= 0.6 is 0 Å². The van der Waals surface area contributed by atoms with Gasteiger partial charge in [-0.05, 0) is 91.8 Å². The summed E-state index contributed by atoms with van der Waals surface area (Å²) >= 11 is 0. The van der Waals surface area contributed by atoms with Crippen LogP contribution in [0.3, 0.4) is 0 Å². The fourth-order valence-electron chi connectivity index (χ4n) is 5.04. The third-order valence-corrected chi connectivity index (χ3v) is 7.48. The Labute approximate surface area is 230 Å². The second kappa shape index (κ2) is 14.3. The first-order valence-electron chi connectivity index (χ1n) is 14.3. The van der Waals surface area contributed by atoms with Gasteiger partial charge in [0, 0.05) is 11.6 Å². The summed E-state index contributed by atoms with van der Waals surface area (Å²) in [5.41, 5.74) is 1.48. The van der Waals surface area contributed by atoms with Gasteiger partial charge in [0.25, 0.3) is 0 Å². The van der Waals surface area contributed by atoms with Gasteiger partial charge < -0.3 is 14.2 Å². The molecule has 0 aliphatic heterocycles. The lowest BCUT2D eigenvalue weighted by Gasteiger charge is -2.29. The Morgan fingerprint density at radius 1 is 0.692 bits per heavy atom. The molecule has 0 N–H and O–H groups in total. The van der Waals surface area contributed by atoms with E-state index >= 15 is 0 Å². The minimum Gasteiger partial charge on any atom is -0.494 e. The maximum atomic E-state index is 14.9. The fraction of sp³-hybridized carbons (Fsp3) is 0.455. The van der Waals surface area contributed by atoms with Crippen LogP contribution in [-0.2, 0) is 0 Å². The molecule has 39 heavy (non-hydrogen) atoms. The Morgan fingerprint density at radius 3 is 1.97 bits per heavy atom. The summed E-state index contributed by atoms with van der Waals surface area (Å²) in [7, 11) is 0. The zero-order chi connectivity index (χ0) is 27.6. The van der Waals surface area contributed by atoms with E-state index in [2.05, 4.69) is 13.8 Å². The van der Waals surface area contributed by atoms with Crippen molar-refractivity contribution >= 4 is 0 Å². The van der Waals surface area contributed by atoms with E-state index in [1.807, 2.05) is 12.1 Å². The van der Waals surface area contributed by atoms with Crippen molar-refractivity contribution < 1.29 is 27.4 Å². The van der Waals surface area contributed by atoms with Crippen molar-refractivity contribution in [3.63, 3.8) is 0 Å². The van der Waals surface area contributed by atoms with E-state index in [-0.39, 0.29) is 29.0 Å². The number of benzene rings is 3. The predicted octanol–water partition coefficient (Wildman–Crippen LogP) is 9.48. The molecule has 6 heteroatoms. The first-order valence-corrected chi connectivity index (χ1v) is 14.3. The topological polar surface area (TPSA) is 27.7 Å². The van der Waals surface area contributed by atoms with E-state index in [1.54, 1.807) is 30.3 Å². The van der Waals surface area contributed by atoms with Crippen molar-refractivity contribution in [3.8, 4) is 28.4 Å². The quantitative estimate of drug-likeness (QED) is 0.202. The minimum absolute atomic E-state index is 0.0809. The van der Waals surface area contributed by atoms with Crippen molar-refractivity contribution in [1.29, 1.82) is 0 Å². The summed E-state index contributed by atoms with van der Waals surface area (Å²) in [5.74, 6) is -0.575. The van der Waals surface area contributed by atoms with Crippen LogP contribution in [0.1, 0.15) is 76.7 Å². The van der Waals surface area contributed by atoms with Crippen molar-refractivity contribution in [3.05, 3.63) is 77.6 Å². The smallest absolute Gasteiger partial charge is 0.201 e. The fourth-order valence-corrected chi connectivity index (χ4v) is 5.04. The highest BCUT2D eigenvalue weighted by atomic mass is 19.2. The molecular weight excluding hydrogens is 501 g/mol. The molecule has 0 unspecified atom stereocenters. The Hall–Kier alpha value is -3.15. The lowest BCUT2D eigenvalue weighted by Crippen LogP contribution is -2.20. The molecule has 3 aromatic rings. The number of hydrogen-bond donors (Lipinski definition) is 0. The van der Waals surface area contributed by atoms with Gasteiger partial charge in [0.15, 0.2) is 11.6 Å². The van der Waals surface area contributed by atoms with Gasteiger partial charge in [-0.25, -0.2) is 8.78 Å². The molecule has 0 heterocycles. The Balaban J connectivity index is 1.29. The molecule has 3 nitrogen and oxygen atoms in total. The number of hydrogen-bond acceptors (Lipinski definition) is 3. The third-order valence-electron chi connectivity index (χ3n) is 7.48. The normalized spacial score (nSPS) is 17.2. The van der Waals surface area contributed by atoms with E-state index in [4.69, 9.17) is 14.2 Å². The van der Waals surface area contributed by atoms with Crippen LogP contribution in [0.15, 0.2) is 54.6 Å². The summed E-state index contributed by atoms with van der Waals surface area (Å²) in [6, 6.07) is 15.2. The molecule has 1 saturated carbocycles. The van der Waals surface area contributed by atoms with Crippen LogP contribution < -0.4 is 14.2 Å².